The molecule has 2 atom stereocenters. The van der Waals surface area contributed by atoms with Crippen LogP contribution in [0.15, 0.2) is 0 Å². The fraction of sp³-hybridized carbons (Fsp3) is 0.929. The number of amides is 1. The molecule has 1 N–H and O–H groups in total. The van der Waals surface area contributed by atoms with Gasteiger partial charge in [-0.15, -0.1) is 0 Å². The van der Waals surface area contributed by atoms with Crippen molar-refractivity contribution in [3.63, 3.8) is 0 Å². The van der Waals surface area contributed by atoms with E-state index in [2.05, 4.69) is 19.2 Å². The lowest BCUT2D eigenvalue weighted by atomic mass is 9.99. The topological polar surface area (TPSA) is 50.8 Å². The van der Waals surface area contributed by atoms with Crippen LogP contribution in [0.5, 0.6) is 0 Å². The van der Waals surface area contributed by atoms with E-state index in [1.165, 1.54) is 0 Å². The first-order valence-electron chi connectivity index (χ1n) is 7.29. The summed E-state index contributed by atoms with van der Waals surface area (Å²) in [7, 11) is 1.67. The van der Waals surface area contributed by atoms with Crippen molar-refractivity contribution in [1.29, 1.82) is 0 Å². The van der Waals surface area contributed by atoms with Gasteiger partial charge in [0.1, 0.15) is 0 Å². The zero-order valence-electron chi connectivity index (χ0n) is 12.5. The molecule has 1 amide bonds. The van der Waals surface area contributed by atoms with Gasteiger partial charge in [-0.05, 0) is 18.8 Å². The molecule has 0 aromatic rings. The van der Waals surface area contributed by atoms with Gasteiger partial charge in [0, 0.05) is 20.3 Å². The number of nitrogens with one attached hydrogen (secondary N) is 1. The summed E-state index contributed by atoms with van der Waals surface area (Å²) in [6.45, 7) is 7.81. The number of carbonyl (C=O) groups excluding carboxylic acids is 1. The van der Waals surface area contributed by atoms with Gasteiger partial charge in [0.15, 0.2) is 0 Å². The maximum Gasteiger partial charge on any atom is 0.241 e. The van der Waals surface area contributed by atoms with E-state index in [4.69, 9.17) is 9.47 Å². The summed E-state index contributed by atoms with van der Waals surface area (Å²) in [6.07, 6.45) is 3.01. The molecule has 0 aliphatic carbocycles. The Kier molecular flexibility index (Phi) is 8.02. The molecule has 0 radical (unpaired) electrons. The van der Waals surface area contributed by atoms with Gasteiger partial charge in [0.2, 0.25) is 5.91 Å². The number of rotatable bonds is 10. The quantitative estimate of drug-likeness (QED) is 0.608. The molecule has 0 spiro atoms. The number of carbonyl (C=O) groups is 1. The fourth-order valence-electron chi connectivity index (χ4n) is 2.19. The van der Waals surface area contributed by atoms with Gasteiger partial charge in [-0.3, -0.25) is 10.1 Å². The van der Waals surface area contributed by atoms with Crippen LogP contribution in [0.3, 0.4) is 0 Å². The van der Waals surface area contributed by atoms with E-state index in [9.17, 15) is 4.79 Å². The molecule has 1 saturated heterocycles. The molecule has 5 heteroatoms. The summed E-state index contributed by atoms with van der Waals surface area (Å²) >= 11 is 0. The molecule has 5 nitrogen and oxygen atoms in total. The van der Waals surface area contributed by atoms with Crippen molar-refractivity contribution in [3.8, 4) is 0 Å². The predicted molar refractivity (Wildman–Crippen MR) is 74.9 cm³/mol. The lowest BCUT2D eigenvalue weighted by Gasteiger charge is -2.17. The Balaban J connectivity index is 2.09. The maximum atomic E-state index is 12.1. The molecular weight excluding hydrogens is 244 g/mol. The van der Waals surface area contributed by atoms with Crippen molar-refractivity contribution in [3.05, 3.63) is 0 Å². The largest absolute Gasteiger partial charge is 0.382 e. The highest BCUT2D eigenvalue weighted by molar-refractivity contribution is 5.84. The highest BCUT2D eigenvalue weighted by Crippen LogP contribution is 2.15. The number of ether oxygens (including phenoxy) is 2. The summed E-state index contributed by atoms with van der Waals surface area (Å²) in [5, 5.41) is 3.30. The van der Waals surface area contributed by atoms with Crippen LogP contribution in [0.4, 0.5) is 0 Å². The Labute approximate surface area is 116 Å². The third-order valence-corrected chi connectivity index (χ3v) is 3.69. The lowest BCUT2D eigenvalue weighted by Crippen LogP contribution is -2.36. The second-order valence-corrected chi connectivity index (χ2v) is 5.14. The van der Waals surface area contributed by atoms with E-state index in [-0.39, 0.29) is 11.9 Å². The third-order valence-electron chi connectivity index (χ3n) is 3.69. The molecule has 19 heavy (non-hydrogen) atoms. The Morgan fingerprint density at radius 3 is 2.84 bits per heavy atom. The van der Waals surface area contributed by atoms with Gasteiger partial charge in [0.05, 0.1) is 25.9 Å². The van der Waals surface area contributed by atoms with E-state index >= 15 is 0 Å². The second-order valence-electron chi connectivity index (χ2n) is 5.14. The van der Waals surface area contributed by atoms with Crippen LogP contribution in [0.1, 0.15) is 33.1 Å². The Morgan fingerprint density at radius 2 is 2.16 bits per heavy atom. The van der Waals surface area contributed by atoms with Crippen LogP contribution >= 0.6 is 0 Å². The molecule has 1 aliphatic rings. The second kappa shape index (κ2) is 9.28. The molecule has 0 aromatic heterocycles. The molecule has 0 bridgehead atoms. The minimum Gasteiger partial charge on any atom is -0.382 e. The number of methoxy groups -OCH3 is 1. The SMILES string of the molecule is CCC(C)C1NCN(CCCCOCCOC)C1=O. The number of hydrogen-bond donors (Lipinski definition) is 1. The van der Waals surface area contributed by atoms with E-state index in [1.54, 1.807) is 7.11 Å². The monoisotopic (exact) mass is 272 g/mol. The summed E-state index contributed by atoms with van der Waals surface area (Å²) < 4.78 is 10.3. The molecule has 1 aliphatic heterocycles. The van der Waals surface area contributed by atoms with Crippen molar-refractivity contribution in [2.75, 3.05) is 40.1 Å². The summed E-state index contributed by atoms with van der Waals surface area (Å²) in [5.74, 6) is 0.671. The van der Waals surface area contributed by atoms with Gasteiger partial charge < -0.3 is 14.4 Å². The van der Waals surface area contributed by atoms with Gasteiger partial charge in [-0.2, -0.15) is 0 Å². The molecule has 1 heterocycles. The van der Waals surface area contributed by atoms with Crippen molar-refractivity contribution in [1.82, 2.24) is 10.2 Å². The van der Waals surface area contributed by atoms with E-state index in [1.807, 2.05) is 4.90 Å². The van der Waals surface area contributed by atoms with Crippen LogP contribution in [0.25, 0.3) is 0 Å². The fourth-order valence-corrected chi connectivity index (χ4v) is 2.19. The van der Waals surface area contributed by atoms with Crippen LogP contribution in [0.2, 0.25) is 0 Å². The van der Waals surface area contributed by atoms with E-state index < -0.39 is 0 Å². The van der Waals surface area contributed by atoms with Crippen molar-refractivity contribution in [2.24, 2.45) is 5.92 Å². The van der Waals surface area contributed by atoms with Gasteiger partial charge in [0.25, 0.3) is 0 Å². The average molecular weight is 272 g/mol. The summed E-state index contributed by atoms with van der Waals surface area (Å²) in [5.41, 5.74) is 0. The molecule has 0 aromatic carbocycles. The van der Waals surface area contributed by atoms with Crippen molar-refractivity contribution < 1.29 is 14.3 Å². The van der Waals surface area contributed by atoms with Gasteiger partial charge in [-0.1, -0.05) is 20.3 Å². The van der Waals surface area contributed by atoms with E-state index in [0.717, 1.165) is 32.4 Å². The van der Waals surface area contributed by atoms with Crippen LogP contribution in [0, 0.1) is 5.92 Å². The number of unbranched alkanes of at least 4 members (excludes halogenated alkanes) is 1. The molecular formula is C14H28N2O3. The first-order valence-corrected chi connectivity index (χ1v) is 7.29. The Hall–Kier alpha value is -0.650. The maximum absolute atomic E-state index is 12.1. The lowest BCUT2D eigenvalue weighted by molar-refractivity contribution is -0.129. The van der Waals surface area contributed by atoms with Gasteiger partial charge in [-0.25, -0.2) is 0 Å². The molecule has 1 rings (SSSR count). The predicted octanol–water partition coefficient (Wildman–Crippen LogP) is 1.23. The van der Waals surface area contributed by atoms with E-state index in [0.29, 0.717) is 25.8 Å². The van der Waals surface area contributed by atoms with Gasteiger partial charge >= 0.3 is 0 Å². The number of nitrogens with zero attached hydrogens (tertiary/aromatic N) is 1. The molecule has 1 fully saturated rings. The third kappa shape index (κ3) is 5.47. The smallest absolute Gasteiger partial charge is 0.241 e. The first-order chi connectivity index (χ1) is 9.20. The van der Waals surface area contributed by atoms with Crippen LogP contribution in [-0.4, -0.2) is 57.0 Å². The molecule has 0 saturated carbocycles. The summed E-state index contributed by atoms with van der Waals surface area (Å²) in [4.78, 5) is 14.0. The Morgan fingerprint density at radius 1 is 1.37 bits per heavy atom. The van der Waals surface area contributed by atoms with Crippen LogP contribution < -0.4 is 5.32 Å². The highest BCUT2D eigenvalue weighted by Gasteiger charge is 2.33. The highest BCUT2D eigenvalue weighted by atomic mass is 16.5. The van der Waals surface area contributed by atoms with Crippen molar-refractivity contribution in [2.45, 2.75) is 39.2 Å². The Bertz CT molecular complexity index is 261. The minimum absolute atomic E-state index is 0.0166. The summed E-state index contributed by atoms with van der Waals surface area (Å²) in [6, 6.07) is 0.0166. The van der Waals surface area contributed by atoms with Crippen LogP contribution in [-0.2, 0) is 14.3 Å². The zero-order valence-corrected chi connectivity index (χ0v) is 12.5. The first kappa shape index (κ1) is 16.4. The van der Waals surface area contributed by atoms with Crippen molar-refractivity contribution >= 4 is 5.91 Å². The average Bonchev–Trinajstić information content (AvgIpc) is 2.78. The molecule has 112 valence electrons. The molecule has 2 unspecified atom stereocenters. The minimum atomic E-state index is 0.0166. The zero-order chi connectivity index (χ0) is 14.1. The number of hydrogen-bond acceptors (Lipinski definition) is 4. The standard InChI is InChI=1S/C14H28N2O3/c1-4-12(2)13-14(17)16(11-15-13)7-5-6-8-19-10-9-18-3/h12-13,15H,4-11H2,1-3H3. The normalized spacial score (nSPS) is 21.1.